The number of esters is 5. The molecule has 0 aromatic rings. The molecule has 11 nitrogen and oxygen atoms in total. The van der Waals surface area contributed by atoms with Crippen molar-refractivity contribution < 1.29 is 52.5 Å². The summed E-state index contributed by atoms with van der Waals surface area (Å²) in [5.41, 5.74) is -2.29. The Kier molecular flexibility index (Phi) is 44.2. The Morgan fingerprint density at radius 2 is 0.672 bits per heavy atom. The zero-order valence-corrected chi connectivity index (χ0v) is 89.8. The van der Waals surface area contributed by atoms with Crippen LogP contribution in [-0.4, -0.2) is 63.6 Å². The predicted molar refractivity (Wildman–Crippen MR) is 527 cm³/mol. The Morgan fingerprint density at radius 3 is 1.11 bits per heavy atom. The standard InChI is InChI=1S/C19H32O2.C18H30O.C17H28O2.2C17H30O2.C14H24O2.6C2H6/c1-6-17(2,3)16(20)21-18(4,5)19-10-13-7-14(11-19)9-15(8-13)12-19;1-5-17(2,3)16(19)11-18(4)14-7-12-6-13(9-14)10-15(18)8-12;1-5-16(2,3)15(18)19-17(4)10-11-9-14(17)13-8-6-7-12(11)13;1-5-16(2,3)15(18)19-17(4)12-8-10-13-9-6-7-11-14(13)17;1-5-16(2,3)15(18)19-17(4)11-10-13-8-6-7-9-14(13)12-17;1-5-13(2,3)12(15)16-14(4)9-10-6-7-11(14)8-10;6*1-2/h13-15H,6-12H2,1-5H3;12-15H,5-11H2,1-4H3;11-14H,5-10H2,1-4H3;2*13-14H,5-12H2,1-4H3;10-11H,5-9H2,1-4H3;6*1-2H3. The Bertz CT molecular complexity index is 3180. The average Bonchev–Trinajstić information content (AvgIpc) is 1.18. The highest BCUT2D eigenvalue weighted by Gasteiger charge is 2.63. The molecule has 11 heteroatoms. The van der Waals surface area contributed by atoms with Gasteiger partial charge in [-0.15, -0.1) is 0 Å². The summed E-state index contributed by atoms with van der Waals surface area (Å²) >= 11 is 0. The molecular formula is C114H210O11. The largest absolute Gasteiger partial charge is 0.459 e. The second-order valence-electron chi connectivity index (χ2n) is 47.6. The fourth-order valence-corrected chi connectivity index (χ4v) is 26.5. The van der Waals surface area contributed by atoms with Crippen molar-refractivity contribution in [2.45, 2.75) is 547 Å². The Balaban J connectivity index is 0.000000307. The van der Waals surface area contributed by atoms with E-state index < -0.39 is 0 Å². The summed E-state index contributed by atoms with van der Waals surface area (Å²) in [6, 6.07) is 0. The van der Waals surface area contributed by atoms with Crippen LogP contribution in [-0.2, 0) is 52.5 Å². The summed E-state index contributed by atoms with van der Waals surface area (Å²) in [6.07, 6.45) is 50.7. The van der Waals surface area contributed by atoms with Gasteiger partial charge < -0.3 is 23.7 Å². The van der Waals surface area contributed by atoms with Crippen molar-refractivity contribution in [1.82, 2.24) is 0 Å². The first-order chi connectivity index (χ1) is 58.5. The van der Waals surface area contributed by atoms with Gasteiger partial charge in [0.05, 0.1) is 27.1 Å². The SMILES string of the molecule is CC.CC.CC.CC.CC.CC.CCC(C)(C)C(=O)CC1(C)C2CC3CC(C2)CC1C3.CCC(C)(C)C(=O)OC(C)(C)C12CC3CC(CC(C3)C1)C2.CCC(C)(C)C(=O)OC1(C)CC2CC1C1CCCC21.CCC(C)(C)C(=O)OC1(C)CC2CCC1C2.CCC(C)(C)C(=O)OC1(C)CCC2CCCCC2C1.CCC(C)(C)C(=O)OC1(C)CCCC2CCCCC21. The van der Waals surface area contributed by atoms with Crippen LogP contribution >= 0.6 is 0 Å². The minimum atomic E-state index is -0.362. The van der Waals surface area contributed by atoms with Gasteiger partial charge in [-0.2, -0.15) is 0 Å². The van der Waals surface area contributed by atoms with Crippen molar-refractivity contribution in [3.8, 4) is 0 Å². The maximum absolute atomic E-state index is 12.7. The number of rotatable bonds is 20. The number of fused-ring (bicyclic) bond motifs is 9. The summed E-state index contributed by atoms with van der Waals surface area (Å²) in [4.78, 5) is 74.5. The van der Waals surface area contributed by atoms with Crippen LogP contribution in [0, 0.1) is 144 Å². The van der Waals surface area contributed by atoms with Crippen LogP contribution in [0.4, 0.5) is 0 Å². The van der Waals surface area contributed by atoms with Gasteiger partial charge in [-0.1, -0.05) is 197 Å². The van der Waals surface area contributed by atoms with E-state index in [-0.39, 0.29) is 95.8 Å². The molecule has 0 amide bonds. The molecule has 14 atom stereocenters. The summed E-state index contributed by atoms with van der Waals surface area (Å²) in [6.45, 7) is 76.2. The van der Waals surface area contributed by atoms with E-state index in [1.165, 1.54) is 186 Å². The van der Waals surface area contributed by atoms with Crippen molar-refractivity contribution in [3.05, 3.63) is 0 Å². The van der Waals surface area contributed by atoms with E-state index in [1.54, 1.807) is 0 Å². The summed E-state index contributed by atoms with van der Waals surface area (Å²) in [7, 11) is 0. The lowest BCUT2D eigenvalue weighted by molar-refractivity contribution is -0.206. The van der Waals surface area contributed by atoms with Crippen LogP contribution in [0.1, 0.15) is 519 Å². The zero-order valence-electron chi connectivity index (χ0n) is 89.8. The predicted octanol–water partition coefficient (Wildman–Crippen LogP) is 33.1. The van der Waals surface area contributed by atoms with Gasteiger partial charge in [-0.25, -0.2) is 0 Å². The lowest BCUT2D eigenvalue weighted by Gasteiger charge is -2.61. The maximum atomic E-state index is 12.7. The molecule has 0 aromatic carbocycles. The van der Waals surface area contributed by atoms with Crippen LogP contribution in [0.15, 0.2) is 0 Å². The van der Waals surface area contributed by atoms with Gasteiger partial charge in [0.1, 0.15) is 33.8 Å². The molecule has 732 valence electrons. The van der Waals surface area contributed by atoms with E-state index in [9.17, 15) is 28.8 Å². The lowest BCUT2D eigenvalue weighted by Crippen LogP contribution is -2.58. The molecule has 17 fully saturated rings. The number of ketones is 1. The highest BCUT2D eigenvalue weighted by Crippen LogP contribution is 2.67. The second-order valence-corrected chi connectivity index (χ2v) is 47.6. The van der Waals surface area contributed by atoms with Crippen molar-refractivity contribution >= 4 is 35.6 Å². The number of ether oxygens (including phenoxy) is 5. The topological polar surface area (TPSA) is 149 Å². The first-order valence-electron chi connectivity index (χ1n) is 54.2. The molecule has 17 rings (SSSR count). The molecule has 0 radical (unpaired) electrons. The third-order valence-electron chi connectivity index (χ3n) is 36.9. The highest BCUT2D eigenvalue weighted by atomic mass is 16.6. The fraction of sp³-hybridized carbons (Fsp3) is 0.947. The maximum Gasteiger partial charge on any atom is 0.312 e. The van der Waals surface area contributed by atoms with Gasteiger partial charge in [0.15, 0.2) is 0 Å². The average molecular weight is 1760 g/mol. The number of hydrogen-bond acceptors (Lipinski definition) is 11. The van der Waals surface area contributed by atoms with Crippen LogP contribution in [0.5, 0.6) is 0 Å². The molecule has 17 aliphatic carbocycles. The molecule has 125 heavy (non-hydrogen) atoms. The van der Waals surface area contributed by atoms with E-state index in [0.29, 0.717) is 29.0 Å². The third-order valence-corrected chi connectivity index (χ3v) is 36.9. The van der Waals surface area contributed by atoms with E-state index in [0.717, 1.165) is 160 Å². The normalized spacial score (nSPS) is 36.0. The Labute approximate surface area is 774 Å². The fourth-order valence-electron chi connectivity index (χ4n) is 26.5. The number of carbonyl (C=O) groups is 6. The van der Waals surface area contributed by atoms with Gasteiger partial charge in [0.25, 0.3) is 0 Å². The minimum Gasteiger partial charge on any atom is -0.459 e. The lowest BCUT2D eigenvalue weighted by atomic mass is 9.44. The molecule has 0 aliphatic heterocycles. The first-order valence-corrected chi connectivity index (χ1v) is 54.2. The monoisotopic (exact) mass is 1760 g/mol. The molecule has 0 aromatic heterocycles. The number of hydrogen-bond donors (Lipinski definition) is 0. The second kappa shape index (κ2) is 48.3. The van der Waals surface area contributed by atoms with E-state index in [1.807, 2.05) is 159 Å². The summed E-state index contributed by atoms with van der Waals surface area (Å²) in [5, 5.41) is 0. The van der Waals surface area contributed by atoms with Gasteiger partial charge >= 0.3 is 29.8 Å². The van der Waals surface area contributed by atoms with Gasteiger partial charge in [-0.3, -0.25) is 28.8 Å². The quantitative estimate of drug-likeness (QED) is 0.0847. The zero-order chi connectivity index (χ0) is 95.3. The Hall–Kier alpha value is -2.98. The summed E-state index contributed by atoms with van der Waals surface area (Å²) < 4.78 is 30.1. The van der Waals surface area contributed by atoms with Crippen molar-refractivity contribution in [2.24, 2.45) is 144 Å². The molecule has 17 saturated carbocycles. The van der Waals surface area contributed by atoms with Gasteiger partial charge in [0.2, 0.25) is 0 Å². The van der Waals surface area contributed by atoms with Crippen LogP contribution in [0.3, 0.4) is 0 Å². The van der Waals surface area contributed by atoms with Crippen LogP contribution in [0.2, 0.25) is 0 Å². The van der Waals surface area contributed by atoms with Crippen molar-refractivity contribution in [3.63, 3.8) is 0 Å². The summed E-state index contributed by atoms with van der Waals surface area (Å²) in [5.74, 6) is 14.7. The van der Waals surface area contributed by atoms with E-state index >= 15 is 0 Å². The first kappa shape index (κ1) is 114. The number of Topliss-reactive ketones (excluding diaryl/α,β-unsaturated/α-hetero) is 1. The molecular weight excluding hydrogens is 1550 g/mol. The molecule has 12 bridgehead atoms. The third kappa shape index (κ3) is 27.9. The van der Waals surface area contributed by atoms with E-state index in [4.69, 9.17) is 23.7 Å². The molecule has 0 saturated heterocycles. The molecule has 17 aliphatic rings. The molecule has 0 heterocycles. The molecule has 0 spiro atoms. The molecule has 0 N–H and O–H groups in total. The minimum absolute atomic E-state index is 0.00345. The van der Waals surface area contributed by atoms with Crippen LogP contribution < -0.4 is 0 Å². The smallest absolute Gasteiger partial charge is 0.312 e. The van der Waals surface area contributed by atoms with Gasteiger partial charge in [0, 0.05) is 29.1 Å². The van der Waals surface area contributed by atoms with Crippen LogP contribution in [0.25, 0.3) is 0 Å². The van der Waals surface area contributed by atoms with E-state index in [2.05, 4.69) is 96.9 Å². The number of carbonyl (C=O) groups excluding carboxylic acids is 6. The highest BCUT2D eigenvalue weighted by molar-refractivity contribution is 5.85. The van der Waals surface area contributed by atoms with Crippen molar-refractivity contribution in [1.29, 1.82) is 0 Å². The van der Waals surface area contributed by atoms with Crippen molar-refractivity contribution in [2.75, 3.05) is 0 Å². The molecule has 14 unspecified atom stereocenters. The Morgan fingerprint density at radius 1 is 0.288 bits per heavy atom. The van der Waals surface area contributed by atoms with Gasteiger partial charge in [-0.05, 0) is 410 Å².